The molecule has 2 aromatic rings. The second-order valence-corrected chi connectivity index (χ2v) is 19.3. The van der Waals surface area contributed by atoms with E-state index >= 15 is 0 Å². The lowest BCUT2D eigenvalue weighted by Crippen LogP contribution is -2.61. The van der Waals surface area contributed by atoms with Gasteiger partial charge < -0.3 is 46.7 Å². The minimum absolute atomic E-state index is 0.0771. The van der Waals surface area contributed by atoms with Crippen LogP contribution in [0.5, 0.6) is 0 Å². The van der Waals surface area contributed by atoms with Crippen molar-refractivity contribution in [3.05, 3.63) is 47.7 Å². The van der Waals surface area contributed by atoms with Crippen molar-refractivity contribution in [3.8, 4) is 0 Å². The zero-order valence-electron chi connectivity index (χ0n) is 38.2. The maximum Gasteiger partial charge on any atom is 0.321 e. The summed E-state index contributed by atoms with van der Waals surface area (Å²) in [5.74, 6) is -5.97. The van der Waals surface area contributed by atoms with Gasteiger partial charge in [0.1, 0.15) is 18.1 Å². The van der Waals surface area contributed by atoms with Crippen LogP contribution < -0.4 is 27.0 Å². The topological polar surface area (TPSA) is 263 Å². The number of carbonyl (C=O) groups is 8. The molecule has 0 saturated carbocycles. The molecule has 1 aromatic carbocycles. The molecule has 2 heterocycles. The van der Waals surface area contributed by atoms with Crippen molar-refractivity contribution in [2.75, 3.05) is 32.9 Å². The number of aryl methyl sites for hydroxylation is 1. The number of thioether (sulfide) groups is 1. The first-order valence-electron chi connectivity index (χ1n) is 21.0. The van der Waals surface area contributed by atoms with Gasteiger partial charge in [0.25, 0.3) is 0 Å². The van der Waals surface area contributed by atoms with Gasteiger partial charge in [-0.05, 0) is 43.4 Å². The number of carboxylic acids is 2. The lowest BCUT2D eigenvalue weighted by atomic mass is 9.76. The number of aliphatic carboxylic acids is 2. The smallest absolute Gasteiger partial charge is 0.321 e. The van der Waals surface area contributed by atoms with Crippen LogP contribution in [0.15, 0.2) is 42.1 Å². The van der Waals surface area contributed by atoms with E-state index in [1.54, 1.807) is 20.2 Å². The summed E-state index contributed by atoms with van der Waals surface area (Å²) in [5, 5.41) is 30.0. The molecule has 6 atom stereocenters. The lowest BCUT2D eigenvalue weighted by molar-refractivity contribution is -0.141. The third-order valence-electron chi connectivity index (χ3n) is 11.4. The van der Waals surface area contributed by atoms with Crippen LogP contribution in [0.4, 0.5) is 0 Å². The molecule has 348 valence electrons. The molecule has 1 fully saturated rings. The highest BCUT2D eigenvalue weighted by Gasteiger charge is 2.43. The number of hydrogen-bond acceptors (Lipinski definition) is 11. The summed E-state index contributed by atoms with van der Waals surface area (Å²) in [4.78, 5) is 106. The number of likely N-dealkylation sites (N-methyl/N-ethyl adjacent to an activating group) is 2. The number of fused-ring (bicyclic) bond motifs is 1. The standard InChI is InChI=1S/C44H66N8O10S/c1-24(2)31(51(11)41(60)36(43(4,5)6)49-39(58)35(46-9)44(7,8)27-22-50(10)30-15-13-12-14-26(27)30)20-25(3)37(56)48-29(16-17-34(54)55)38(57)47-18-19-52-33(53)21-32(40(52)59)63-23-28(45)42(61)62/h12-15,20,22,24,28-29,31-32,35-36,46H,16-19,21,23,45H2,1-11H3,(H,47,57)(H,48,56)(H,49,58)(H,54,55)(H,61,62)/b25-20+/t28-,29+,31+,32?,35+,36?/m0/s1. The average Bonchev–Trinajstić information content (AvgIpc) is 3.69. The fraction of sp³-hybridized carbons (Fsp3) is 0.591. The van der Waals surface area contributed by atoms with E-state index in [4.69, 9.17) is 10.8 Å². The lowest BCUT2D eigenvalue weighted by Gasteiger charge is -2.39. The summed E-state index contributed by atoms with van der Waals surface area (Å²) in [7, 11) is 5.26. The summed E-state index contributed by atoms with van der Waals surface area (Å²) in [5.41, 5.74) is 6.21. The number of likely N-dealkylation sites (tertiary alicyclic amines) is 1. The Hall–Kier alpha value is -5.27. The third kappa shape index (κ3) is 13.1. The fourth-order valence-corrected chi connectivity index (χ4v) is 8.78. The van der Waals surface area contributed by atoms with Crippen LogP contribution in [-0.2, 0) is 50.8 Å². The van der Waals surface area contributed by atoms with Crippen molar-refractivity contribution in [1.82, 2.24) is 35.6 Å². The molecule has 0 aliphatic carbocycles. The Balaban J connectivity index is 1.75. The van der Waals surface area contributed by atoms with Crippen LogP contribution in [0.3, 0.4) is 0 Å². The van der Waals surface area contributed by atoms with E-state index in [1.165, 1.54) is 11.8 Å². The number of carbonyl (C=O) groups excluding carboxylic acids is 6. The first kappa shape index (κ1) is 52.1. The van der Waals surface area contributed by atoms with Gasteiger partial charge in [-0.15, -0.1) is 11.8 Å². The quantitative estimate of drug-likeness (QED) is 0.0657. The van der Waals surface area contributed by atoms with Gasteiger partial charge in [-0.25, -0.2) is 0 Å². The van der Waals surface area contributed by atoms with E-state index in [-0.39, 0.29) is 55.0 Å². The van der Waals surface area contributed by atoms with Crippen LogP contribution in [0.2, 0.25) is 0 Å². The van der Waals surface area contributed by atoms with E-state index in [0.29, 0.717) is 0 Å². The van der Waals surface area contributed by atoms with Crippen molar-refractivity contribution < 1.29 is 48.6 Å². The predicted molar refractivity (Wildman–Crippen MR) is 240 cm³/mol. The first-order valence-corrected chi connectivity index (χ1v) is 22.0. The number of imide groups is 1. The van der Waals surface area contributed by atoms with E-state index in [0.717, 1.165) is 33.1 Å². The Morgan fingerprint density at radius 2 is 1.63 bits per heavy atom. The van der Waals surface area contributed by atoms with Crippen LogP contribution in [0.1, 0.15) is 80.2 Å². The highest BCUT2D eigenvalue weighted by atomic mass is 32.2. The summed E-state index contributed by atoms with van der Waals surface area (Å²) >= 11 is 0.960. The molecule has 63 heavy (non-hydrogen) atoms. The minimum Gasteiger partial charge on any atom is -0.481 e. The van der Waals surface area contributed by atoms with Gasteiger partial charge >= 0.3 is 11.9 Å². The number of aromatic nitrogens is 1. The van der Waals surface area contributed by atoms with Crippen LogP contribution >= 0.6 is 11.8 Å². The Kier molecular flexibility index (Phi) is 18.1. The molecule has 0 radical (unpaired) electrons. The van der Waals surface area contributed by atoms with Gasteiger partial charge in [-0.3, -0.25) is 43.3 Å². The van der Waals surface area contributed by atoms with Crippen molar-refractivity contribution in [2.45, 2.75) is 116 Å². The molecule has 19 heteroatoms. The zero-order chi connectivity index (χ0) is 47.7. The van der Waals surface area contributed by atoms with Gasteiger partial charge in [0, 0.05) is 73.9 Å². The third-order valence-corrected chi connectivity index (χ3v) is 12.7. The molecule has 1 aromatic heterocycles. The Labute approximate surface area is 373 Å². The number of carboxylic acid groups (broad SMARTS) is 2. The molecule has 2 unspecified atom stereocenters. The average molecular weight is 899 g/mol. The number of rotatable bonds is 22. The maximum atomic E-state index is 14.5. The minimum atomic E-state index is -1.31. The number of hydrogen-bond donors (Lipinski definition) is 7. The van der Waals surface area contributed by atoms with Gasteiger partial charge in [0.05, 0.1) is 17.3 Å². The largest absolute Gasteiger partial charge is 0.481 e. The van der Waals surface area contributed by atoms with E-state index < -0.39 is 88.3 Å². The molecule has 3 rings (SSSR count). The van der Waals surface area contributed by atoms with Crippen molar-refractivity contribution in [2.24, 2.45) is 24.1 Å². The Morgan fingerprint density at radius 1 is 1.00 bits per heavy atom. The second kappa shape index (κ2) is 21.9. The van der Waals surface area contributed by atoms with Crippen LogP contribution in [-0.4, -0.2) is 140 Å². The zero-order valence-corrected chi connectivity index (χ0v) is 39.1. The number of amides is 6. The van der Waals surface area contributed by atoms with Gasteiger partial charge in [-0.2, -0.15) is 0 Å². The molecule has 6 amide bonds. The van der Waals surface area contributed by atoms with E-state index in [9.17, 15) is 43.5 Å². The van der Waals surface area contributed by atoms with Crippen molar-refractivity contribution in [1.29, 1.82) is 0 Å². The van der Waals surface area contributed by atoms with Crippen LogP contribution in [0, 0.1) is 11.3 Å². The number of benzene rings is 1. The van der Waals surface area contributed by atoms with Gasteiger partial charge in [0.15, 0.2) is 0 Å². The monoisotopic (exact) mass is 898 g/mol. The van der Waals surface area contributed by atoms with Crippen LogP contribution in [0.25, 0.3) is 10.9 Å². The summed E-state index contributed by atoms with van der Waals surface area (Å²) in [6.07, 6.45) is 2.73. The molecule has 8 N–H and O–H groups in total. The summed E-state index contributed by atoms with van der Waals surface area (Å²) in [6.45, 7) is 14.4. The normalized spacial score (nSPS) is 17.3. The highest BCUT2D eigenvalue weighted by Crippen LogP contribution is 2.35. The van der Waals surface area contributed by atoms with E-state index in [1.807, 2.05) is 90.5 Å². The summed E-state index contributed by atoms with van der Waals surface area (Å²) in [6, 6.07) is 3.07. The highest BCUT2D eigenvalue weighted by molar-refractivity contribution is 8.00. The number of nitrogens with zero attached hydrogens (tertiary/aromatic N) is 3. The summed E-state index contributed by atoms with van der Waals surface area (Å²) < 4.78 is 2.02. The molecule has 0 bridgehead atoms. The fourth-order valence-electron chi connectivity index (χ4n) is 7.67. The molecule has 18 nitrogen and oxygen atoms in total. The van der Waals surface area contributed by atoms with Crippen molar-refractivity contribution >= 4 is 70.0 Å². The molecule has 1 saturated heterocycles. The SMILES string of the molecule is CN[C@H](C(=O)NC(C(=O)N(C)[C@H](/C=C(\C)C(=O)N[C@H](CCC(=O)O)C(=O)NCCN1C(=O)CC(SC[C@H](N)C(=O)O)C1=O)C(C)C)C(C)(C)C)C(C)(C)c1cn(C)c2ccccc12. The predicted octanol–water partition coefficient (Wildman–Crippen LogP) is 1.74. The number of para-hydroxylation sites is 1. The number of nitrogens with one attached hydrogen (secondary N) is 4. The first-order chi connectivity index (χ1) is 29.2. The van der Waals surface area contributed by atoms with Gasteiger partial charge in [0.2, 0.25) is 35.4 Å². The molecule has 1 aliphatic heterocycles. The second-order valence-electron chi connectivity index (χ2n) is 18.1. The molecular formula is C44H66N8O10S. The number of nitrogens with two attached hydrogens (primary N) is 1. The Bertz CT molecular complexity index is 2080. The van der Waals surface area contributed by atoms with Crippen molar-refractivity contribution in [3.63, 3.8) is 0 Å². The maximum absolute atomic E-state index is 14.5. The molecule has 1 aliphatic rings. The van der Waals surface area contributed by atoms with Gasteiger partial charge in [-0.1, -0.05) is 72.7 Å². The van der Waals surface area contributed by atoms with E-state index in [2.05, 4.69) is 21.3 Å². The Morgan fingerprint density at radius 3 is 2.21 bits per heavy atom. The molecule has 0 spiro atoms. The molecular weight excluding hydrogens is 833 g/mol.